The molecule has 25 heavy (non-hydrogen) atoms. The van der Waals surface area contributed by atoms with Gasteiger partial charge in [-0.05, 0) is 36.1 Å². The molecule has 1 aromatic heterocycles. The molecule has 0 saturated carbocycles. The number of aryl methyl sites for hydroxylation is 2. The third-order valence-electron chi connectivity index (χ3n) is 4.18. The summed E-state index contributed by atoms with van der Waals surface area (Å²) in [6.45, 7) is 3.93. The van der Waals surface area contributed by atoms with Crippen molar-refractivity contribution < 1.29 is 0 Å². The number of nitriles is 1. The lowest BCUT2D eigenvalue weighted by Crippen LogP contribution is -2.03. The maximum atomic E-state index is 9.26. The molecule has 124 valence electrons. The number of halogens is 1. The van der Waals surface area contributed by atoms with Crippen molar-refractivity contribution >= 4 is 11.6 Å². The van der Waals surface area contributed by atoms with Crippen LogP contribution in [0.25, 0.3) is 11.1 Å². The van der Waals surface area contributed by atoms with Crippen LogP contribution < -0.4 is 0 Å². The summed E-state index contributed by atoms with van der Waals surface area (Å²) in [5.41, 5.74) is 5.78. The highest BCUT2D eigenvalue weighted by Gasteiger charge is 2.11. The Morgan fingerprint density at radius 1 is 1.04 bits per heavy atom. The van der Waals surface area contributed by atoms with Gasteiger partial charge in [0.05, 0.1) is 11.6 Å². The van der Waals surface area contributed by atoms with E-state index in [1.165, 1.54) is 0 Å². The maximum absolute atomic E-state index is 9.26. The molecule has 0 aliphatic rings. The zero-order chi connectivity index (χ0) is 17.8. The van der Waals surface area contributed by atoms with E-state index in [4.69, 9.17) is 11.6 Å². The molecule has 0 saturated heterocycles. The largest absolute Gasteiger partial charge is 0.238 e. The van der Waals surface area contributed by atoms with Crippen molar-refractivity contribution in [1.29, 1.82) is 5.26 Å². The Kier molecular flexibility index (Phi) is 5.11. The molecule has 2 aromatic carbocycles. The molecule has 0 aliphatic heterocycles. The van der Waals surface area contributed by atoms with E-state index in [1.807, 2.05) is 43.3 Å². The van der Waals surface area contributed by atoms with E-state index in [9.17, 15) is 5.26 Å². The fourth-order valence-corrected chi connectivity index (χ4v) is 3.22. The van der Waals surface area contributed by atoms with Crippen molar-refractivity contribution in [3.63, 3.8) is 0 Å². The molecular weight excluding hydrogens is 330 g/mol. The molecule has 3 nitrogen and oxygen atoms in total. The van der Waals surface area contributed by atoms with Crippen LogP contribution in [0.5, 0.6) is 0 Å². The molecule has 3 aromatic rings. The van der Waals surface area contributed by atoms with Gasteiger partial charge in [-0.15, -0.1) is 0 Å². The highest BCUT2D eigenvalue weighted by molar-refractivity contribution is 6.30. The Balaban J connectivity index is 1.91. The molecule has 3 rings (SSSR count). The lowest BCUT2D eigenvalue weighted by atomic mass is 9.97. The third kappa shape index (κ3) is 3.70. The van der Waals surface area contributed by atoms with Crippen LogP contribution >= 0.6 is 11.6 Å². The van der Waals surface area contributed by atoms with Gasteiger partial charge in [0, 0.05) is 17.7 Å². The van der Waals surface area contributed by atoms with Crippen molar-refractivity contribution in [3.8, 4) is 17.2 Å². The van der Waals surface area contributed by atoms with E-state index in [0.29, 0.717) is 23.0 Å². The normalized spacial score (nSPS) is 10.5. The van der Waals surface area contributed by atoms with Crippen LogP contribution in [0, 0.1) is 18.3 Å². The summed E-state index contributed by atoms with van der Waals surface area (Å²) >= 11 is 6.34. The monoisotopic (exact) mass is 347 g/mol. The molecule has 0 unspecified atom stereocenters. The van der Waals surface area contributed by atoms with Crippen LogP contribution in [0.15, 0.2) is 48.5 Å². The summed E-state index contributed by atoms with van der Waals surface area (Å²) in [7, 11) is 0. The lowest BCUT2D eigenvalue weighted by Gasteiger charge is -2.11. The second-order valence-corrected chi connectivity index (χ2v) is 6.23. The predicted octanol–water partition coefficient (Wildman–Crippen LogP) is 5.13. The highest BCUT2D eigenvalue weighted by atomic mass is 35.5. The lowest BCUT2D eigenvalue weighted by molar-refractivity contribution is 0.906. The summed E-state index contributed by atoms with van der Waals surface area (Å²) in [6.07, 6.45) is 1.52. The summed E-state index contributed by atoms with van der Waals surface area (Å²) < 4.78 is 0. The van der Waals surface area contributed by atoms with Gasteiger partial charge in [0.1, 0.15) is 11.0 Å². The van der Waals surface area contributed by atoms with Crippen LogP contribution in [-0.2, 0) is 12.8 Å². The van der Waals surface area contributed by atoms with Crippen molar-refractivity contribution in [2.75, 3.05) is 0 Å². The highest BCUT2D eigenvalue weighted by Crippen LogP contribution is 2.26. The summed E-state index contributed by atoms with van der Waals surface area (Å²) in [5, 5.41) is 9.79. The van der Waals surface area contributed by atoms with Crippen molar-refractivity contribution in [2.24, 2.45) is 0 Å². The zero-order valence-corrected chi connectivity index (χ0v) is 15.0. The van der Waals surface area contributed by atoms with Crippen molar-refractivity contribution in [2.45, 2.75) is 26.7 Å². The molecule has 0 radical (unpaired) electrons. The molecule has 0 aliphatic carbocycles. The summed E-state index contributed by atoms with van der Waals surface area (Å²) in [4.78, 5) is 8.79. The number of aromatic nitrogens is 2. The van der Waals surface area contributed by atoms with Crippen LogP contribution in [0.4, 0.5) is 0 Å². The first kappa shape index (κ1) is 17.1. The smallest absolute Gasteiger partial charge is 0.136 e. The molecule has 0 spiro atoms. The van der Waals surface area contributed by atoms with Gasteiger partial charge >= 0.3 is 0 Å². The number of nitrogens with zero attached hydrogens (tertiary/aromatic N) is 3. The number of rotatable bonds is 4. The zero-order valence-electron chi connectivity index (χ0n) is 14.3. The van der Waals surface area contributed by atoms with E-state index in [1.54, 1.807) is 0 Å². The first-order valence-corrected chi connectivity index (χ1v) is 8.60. The summed E-state index contributed by atoms with van der Waals surface area (Å²) in [5.74, 6) is 0.703. The molecule has 1 heterocycles. The fraction of sp³-hybridized carbons (Fsp3) is 0.190. The van der Waals surface area contributed by atoms with Crippen LogP contribution in [-0.4, -0.2) is 9.97 Å². The third-order valence-corrected chi connectivity index (χ3v) is 4.49. The van der Waals surface area contributed by atoms with E-state index >= 15 is 0 Å². The molecule has 0 bridgehead atoms. The van der Waals surface area contributed by atoms with Gasteiger partial charge in [-0.1, -0.05) is 61.0 Å². The van der Waals surface area contributed by atoms with E-state index in [-0.39, 0.29) is 0 Å². The predicted molar refractivity (Wildman–Crippen MR) is 101 cm³/mol. The minimum Gasteiger partial charge on any atom is -0.238 e. The second kappa shape index (κ2) is 7.46. The molecule has 0 amide bonds. The second-order valence-electron chi connectivity index (χ2n) is 5.87. The average molecular weight is 348 g/mol. The van der Waals surface area contributed by atoms with Gasteiger partial charge in [0.15, 0.2) is 0 Å². The van der Waals surface area contributed by atoms with Crippen molar-refractivity contribution in [3.05, 3.63) is 81.9 Å². The molecule has 4 heteroatoms. The molecular formula is C21H18ClN3. The van der Waals surface area contributed by atoms with Gasteiger partial charge in [0.25, 0.3) is 0 Å². The van der Waals surface area contributed by atoms with Gasteiger partial charge in [-0.2, -0.15) is 5.26 Å². The van der Waals surface area contributed by atoms with E-state index < -0.39 is 0 Å². The van der Waals surface area contributed by atoms with Crippen LogP contribution in [0.1, 0.15) is 35.1 Å². The van der Waals surface area contributed by atoms with Gasteiger partial charge < -0.3 is 0 Å². The standard InChI is InChI=1S/C21H18ClN3/c1-3-20-19(21(22)25-14(2)24-20)12-15-8-10-16(11-9-15)18-7-5-4-6-17(18)13-23/h4-11H,3,12H2,1-2H3. The van der Waals surface area contributed by atoms with E-state index in [2.05, 4.69) is 35.1 Å². The number of hydrogen-bond acceptors (Lipinski definition) is 3. The van der Waals surface area contributed by atoms with Crippen LogP contribution in [0.3, 0.4) is 0 Å². The number of benzene rings is 2. The Morgan fingerprint density at radius 3 is 2.44 bits per heavy atom. The minimum absolute atomic E-state index is 0.531. The van der Waals surface area contributed by atoms with Gasteiger partial charge in [-0.25, -0.2) is 9.97 Å². The summed E-state index contributed by atoms with van der Waals surface area (Å²) in [6, 6.07) is 18.1. The van der Waals surface area contributed by atoms with Gasteiger partial charge in [0.2, 0.25) is 0 Å². The van der Waals surface area contributed by atoms with Crippen molar-refractivity contribution in [1.82, 2.24) is 9.97 Å². The Labute approximate surface area is 153 Å². The van der Waals surface area contributed by atoms with Gasteiger partial charge in [-0.3, -0.25) is 0 Å². The first-order valence-electron chi connectivity index (χ1n) is 8.22. The number of hydrogen-bond donors (Lipinski definition) is 0. The molecule has 0 fully saturated rings. The Hall–Kier alpha value is -2.70. The molecule has 0 N–H and O–H groups in total. The Morgan fingerprint density at radius 2 is 1.76 bits per heavy atom. The fourth-order valence-electron chi connectivity index (χ4n) is 2.92. The topological polar surface area (TPSA) is 49.6 Å². The molecule has 0 atom stereocenters. The Bertz CT molecular complexity index is 940. The average Bonchev–Trinajstić information content (AvgIpc) is 2.64. The quantitative estimate of drug-likeness (QED) is 0.615. The van der Waals surface area contributed by atoms with E-state index in [0.717, 1.165) is 34.4 Å². The first-order chi connectivity index (χ1) is 12.1. The minimum atomic E-state index is 0.531. The maximum Gasteiger partial charge on any atom is 0.136 e. The SMILES string of the molecule is CCc1nc(C)nc(Cl)c1Cc1ccc(-c2ccccc2C#N)cc1. The van der Waals surface area contributed by atoms with Crippen LogP contribution in [0.2, 0.25) is 5.15 Å².